The van der Waals surface area contributed by atoms with Crippen LogP contribution in [0.5, 0.6) is 0 Å². The Bertz CT molecular complexity index is 563. The second-order valence-electron chi connectivity index (χ2n) is 4.41. The first-order valence-electron chi connectivity index (χ1n) is 6.28. The van der Waals surface area contributed by atoms with Crippen LogP contribution < -0.4 is 5.73 Å². The predicted molar refractivity (Wildman–Crippen MR) is 74.0 cm³/mol. The Hall–Kier alpha value is -2.14. The van der Waals surface area contributed by atoms with Crippen molar-refractivity contribution in [3.05, 3.63) is 64.0 Å². The number of aromatic nitrogens is 1. The van der Waals surface area contributed by atoms with Crippen LogP contribution in [0.1, 0.15) is 17.7 Å². The van der Waals surface area contributed by atoms with Crippen LogP contribution in [0, 0.1) is 10.1 Å². The molecular weight excluding hydrogens is 242 g/mol. The first kappa shape index (κ1) is 13.3. The Morgan fingerprint density at radius 1 is 1.21 bits per heavy atom. The summed E-state index contributed by atoms with van der Waals surface area (Å²) < 4.78 is 2.04. The van der Waals surface area contributed by atoms with Crippen LogP contribution in [-0.2, 0) is 13.0 Å². The standard InChI is InChI=1S/C14H17N3O2/c15-9-3-6-13-7-4-10-16(13)11-12-5-1-2-8-14(12)17(18)19/h1-2,4-5,7-8,10H,3,6,9,11,15H2. The summed E-state index contributed by atoms with van der Waals surface area (Å²) in [4.78, 5) is 10.7. The van der Waals surface area contributed by atoms with Crippen LogP contribution >= 0.6 is 0 Å². The normalized spacial score (nSPS) is 10.6. The van der Waals surface area contributed by atoms with Crippen LogP contribution in [0.25, 0.3) is 0 Å². The van der Waals surface area contributed by atoms with Gasteiger partial charge in [0.2, 0.25) is 0 Å². The molecule has 0 aliphatic heterocycles. The molecule has 19 heavy (non-hydrogen) atoms. The van der Waals surface area contributed by atoms with E-state index in [1.54, 1.807) is 18.2 Å². The van der Waals surface area contributed by atoms with E-state index < -0.39 is 0 Å². The Kier molecular flexibility index (Phi) is 4.30. The number of aryl methyl sites for hydroxylation is 1. The maximum atomic E-state index is 11.0. The molecule has 0 aliphatic carbocycles. The van der Waals surface area contributed by atoms with Gasteiger partial charge in [-0.2, -0.15) is 0 Å². The Balaban J connectivity index is 2.22. The molecule has 2 aromatic rings. The molecule has 0 radical (unpaired) electrons. The van der Waals surface area contributed by atoms with Crippen LogP contribution in [0.15, 0.2) is 42.6 Å². The molecule has 0 amide bonds. The van der Waals surface area contributed by atoms with E-state index in [1.165, 1.54) is 0 Å². The molecule has 1 heterocycles. The predicted octanol–water partition coefficient (Wildman–Crippen LogP) is 2.34. The third kappa shape index (κ3) is 3.20. The Morgan fingerprint density at radius 3 is 2.74 bits per heavy atom. The van der Waals surface area contributed by atoms with Crippen LogP contribution in [0.4, 0.5) is 5.69 Å². The molecule has 0 fully saturated rings. The van der Waals surface area contributed by atoms with Gasteiger partial charge in [0.25, 0.3) is 5.69 Å². The number of nitrogens with two attached hydrogens (primary N) is 1. The minimum absolute atomic E-state index is 0.168. The van der Waals surface area contributed by atoms with Gasteiger partial charge >= 0.3 is 0 Å². The van der Waals surface area contributed by atoms with Gasteiger partial charge in [-0.3, -0.25) is 10.1 Å². The van der Waals surface area contributed by atoms with Crippen molar-refractivity contribution in [1.29, 1.82) is 0 Å². The van der Waals surface area contributed by atoms with Gasteiger partial charge in [-0.1, -0.05) is 18.2 Å². The molecule has 0 atom stereocenters. The van der Waals surface area contributed by atoms with E-state index in [1.807, 2.05) is 29.0 Å². The first-order chi connectivity index (χ1) is 9.22. The maximum Gasteiger partial charge on any atom is 0.274 e. The van der Waals surface area contributed by atoms with E-state index in [-0.39, 0.29) is 10.6 Å². The quantitative estimate of drug-likeness (QED) is 0.639. The molecule has 0 unspecified atom stereocenters. The average molecular weight is 259 g/mol. The Labute approximate surface area is 111 Å². The summed E-state index contributed by atoms with van der Waals surface area (Å²) in [7, 11) is 0. The van der Waals surface area contributed by atoms with Gasteiger partial charge in [0.15, 0.2) is 0 Å². The number of nitrogens with zero attached hydrogens (tertiary/aromatic N) is 2. The van der Waals surface area contributed by atoms with Gasteiger partial charge < -0.3 is 10.3 Å². The molecule has 2 N–H and O–H groups in total. The number of nitro benzene ring substituents is 1. The van der Waals surface area contributed by atoms with E-state index in [0.29, 0.717) is 13.1 Å². The van der Waals surface area contributed by atoms with Gasteiger partial charge in [-0.05, 0) is 31.5 Å². The summed E-state index contributed by atoms with van der Waals surface area (Å²) in [6.07, 6.45) is 3.76. The molecule has 2 rings (SSSR count). The number of rotatable bonds is 6. The van der Waals surface area contributed by atoms with Crippen molar-refractivity contribution in [3.63, 3.8) is 0 Å². The summed E-state index contributed by atoms with van der Waals surface area (Å²) in [6.45, 7) is 1.17. The molecule has 1 aromatic carbocycles. The fourth-order valence-corrected chi connectivity index (χ4v) is 2.12. The van der Waals surface area contributed by atoms with Gasteiger partial charge in [-0.25, -0.2) is 0 Å². The molecule has 5 nitrogen and oxygen atoms in total. The zero-order chi connectivity index (χ0) is 13.7. The highest BCUT2D eigenvalue weighted by Crippen LogP contribution is 2.20. The highest BCUT2D eigenvalue weighted by atomic mass is 16.6. The van der Waals surface area contributed by atoms with Crippen LogP contribution in [0.3, 0.4) is 0 Å². The van der Waals surface area contributed by atoms with Crippen molar-refractivity contribution in [3.8, 4) is 0 Å². The molecule has 100 valence electrons. The molecule has 0 aliphatic rings. The van der Waals surface area contributed by atoms with Crippen molar-refractivity contribution in [2.75, 3.05) is 6.54 Å². The zero-order valence-corrected chi connectivity index (χ0v) is 10.7. The summed E-state index contributed by atoms with van der Waals surface area (Å²) in [5.74, 6) is 0. The fraction of sp³-hybridized carbons (Fsp3) is 0.286. The van der Waals surface area contributed by atoms with Crippen LogP contribution in [-0.4, -0.2) is 16.0 Å². The van der Waals surface area contributed by atoms with E-state index in [0.717, 1.165) is 24.1 Å². The summed E-state index contributed by atoms with van der Waals surface area (Å²) in [5, 5.41) is 11.0. The minimum atomic E-state index is -0.335. The summed E-state index contributed by atoms with van der Waals surface area (Å²) >= 11 is 0. The second kappa shape index (κ2) is 6.15. The zero-order valence-electron chi connectivity index (χ0n) is 10.7. The third-order valence-corrected chi connectivity index (χ3v) is 3.09. The van der Waals surface area contributed by atoms with E-state index >= 15 is 0 Å². The number of benzene rings is 1. The van der Waals surface area contributed by atoms with Gasteiger partial charge in [0, 0.05) is 23.5 Å². The second-order valence-corrected chi connectivity index (χ2v) is 4.41. The first-order valence-corrected chi connectivity index (χ1v) is 6.28. The lowest BCUT2D eigenvalue weighted by Crippen LogP contribution is -2.07. The van der Waals surface area contributed by atoms with Gasteiger partial charge in [-0.15, -0.1) is 0 Å². The molecule has 0 spiro atoms. The number of para-hydroxylation sites is 1. The lowest BCUT2D eigenvalue weighted by molar-refractivity contribution is -0.385. The van der Waals surface area contributed by atoms with E-state index in [4.69, 9.17) is 5.73 Å². The Morgan fingerprint density at radius 2 is 2.00 bits per heavy atom. The van der Waals surface area contributed by atoms with Crippen molar-refractivity contribution < 1.29 is 4.92 Å². The largest absolute Gasteiger partial charge is 0.347 e. The molecule has 0 saturated carbocycles. The average Bonchev–Trinajstić information content (AvgIpc) is 2.84. The van der Waals surface area contributed by atoms with Gasteiger partial charge in [0.05, 0.1) is 11.5 Å². The molecule has 5 heteroatoms. The number of hydrogen-bond donors (Lipinski definition) is 1. The molecule has 1 aromatic heterocycles. The van der Waals surface area contributed by atoms with Crippen molar-refractivity contribution in [2.45, 2.75) is 19.4 Å². The molecular formula is C14H17N3O2. The lowest BCUT2D eigenvalue weighted by atomic mass is 10.1. The monoisotopic (exact) mass is 259 g/mol. The number of nitro groups is 1. The van der Waals surface area contributed by atoms with Gasteiger partial charge in [0.1, 0.15) is 0 Å². The van der Waals surface area contributed by atoms with Crippen molar-refractivity contribution in [1.82, 2.24) is 4.57 Å². The lowest BCUT2D eigenvalue weighted by Gasteiger charge is -2.09. The highest BCUT2D eigenvalue weighted by Gasteiger charge is 2.13. The van der Waals surface area contributed by atoms with E-state index in [9.17, 15) is 10.1 Å². The SMILES string of the molecule is NCCCc1cccn1Cc1ccccc1[N+](=O)[O-]. The highest BCUT2D eigenvalue weighted by molar-refractivity contribution is 5.40. The topological polar surface area (TPSA) is 74.1 Å². The summed E-state index contributed by atoms with van der Waals surface area (Å²) in [5.41, 5.74) is 7.56. The van der Waals surface area contributed by atoms with Crippen molar-refractivity contribution in [2.24, 2.45) is 5.73 Å². The van der Waals surface area contributed by atoms with Crippen molar-refractivity contribution >= 4 is 5.69 Å². The molecule has 0 bridgehead atoms. The minimum Gasteiger partial charge on any atom is -0.347 e. The van der Waals surface area contributed by atoms with Crippen LogP contribution in [0.2, 0.25) is 0 Å². The summed E-state index contributed by atoms with van der Waals surface area (Å²) in [6, 6.07) is 10.8. The smallest absolute Gasteiger partial charge is 0.274 e. The van der Waals surface area contributed by atoms with E-state index in [2.05, 4.69) is 0 Å². The maximum absolute atomic E-state index is 11.0. The molecule has 0 saturated heterocycles. The number of hydrogen-bond acceptors (Lipinski definition) is 3. The fourth-order valence-electron chi connectivity index (χ4n) is 2.12. The third-order valence-electron chi connectivity index (χ3n) is 3.09.